The fourth-order valence-corrected chi connectivity index (χ4v) is 4.17. The van der Waals surface area contributed by atoms with E-state index < -0.39 is 5.97 Å². The molecule has 0 radical (unpaired) electrons. The van der Waals surface area contributed by atoms with Crippen LogP contribution in [0.4, 0.5) is 4.79 Å². The molecule has 4 rings (SSSR count). The van der Waals surface area contributed by atoms with Crippen molar-refractivity contribution in [1.82, 2.24) is 9.88 Å². The van der Waals surface area contributed by atoms with Crippen molar-refractivity contribution in [3.63, 3.8) is 0 Å². The predicted octanol–water partition coefficient (Wildman–Crippen LogP) is 5.15. The highest BCUT2D eigenvalue weighted by atomic mass is 16.6. The summed E-state index contributed by atoms with van der Waals surface area (Å²) in [5.74, 6) is 1.18. The van der Waals surface area contributed by atoms with Crippen LogP contribution in [0.15, 0.2) is 46.9 Å². The zero-order chi connectivity index (χ0) is 24.8. The molecule has 0 atom stereocenters. The lowest BCUT2D eigenvalue weighted by molar-refractivity contribution is -0.136. The minimum absolute atomic E-state index is 0.0299. The van der Waals surface area contributed by atoms with E-state index in [-0.39, 0.29) is 12.5 Å². The summed E-state index contributed by atoms with van der Waals surface area (Å²) >= 11 is 0. The van der Waals surface area contributed by atoms with Crippen LogP contribution in [0.1, 0.15) is 47.9 Å². The molecule has 1 aromatic heterocycles. The quantitative estimate of drug-likeness (QED) is 0.430. The van der Waals surface area contributed by atoms with Crippen LogP contribution in [-0.2, 0) is 35.5 Å². The molecular weight excluding hydrogens is 448 g/mol. The summed E-state index contributed by atoms with van der Waals surface area (Å²) in [4.78, 5) is 29.8. The number of amides is 1. The van der Waals surface area contributed by atoms with Crippen molar-refractivity contribution in [1.29, 1.82) is 0 Å². The van der Waals surface area contributed by atoms with Gasteiger partial charge in [0.05, 0.1) is 32.0 Å². The Hall–Kier alpha value is -3.81. The van der Waals surface area contributed by atoms with E-state index in [0.717, 1.165) is 40.1 Å². The lowest BCUT2D eigenvalue weighted by atomic mass is 9.99. The molecule has 0 fully saturated rings. The Bertz CT molecular complexity index is 1190. The normalized spacial score (nSPS) is 12.5. The highest BCUT2D eigenvalue weighted by molar-refractivity contribution is 5.70. The predicted molar refractivity (Wildman–Crippen MR) is 129 cm³/mol. The highest BCUT2D eigenvalue weighted by Crippen LogP contribution is 2.35. The monoisotopic (exact) mass is 478 g/mol. The van der Waals surface area contributed by atoms with Gasteiger partial charge >= 0.3 is 12.1 Å². The Labute approximate surface area is 204 Å². The van der Waals surface area contributed by atoms with E-state index in [0.29, 0.717) is 50.8 Å². The zero-order valence-electron chi connectivity index (χ0n) is 20.1. The number of rotatable bonds is 10. The number of nitrogens with zero attached hydrogens (tertiary/aromatic N) is 2. The summed E-state index contributed by atoms with van der Waals surface area (Å²) in [6.07, 6.45) is 1.38. The zero-order valence-corrected chi connectivity index (χ0v) is 20.1. The standard InChI is InChI=1S/C27H30N2O6/c1-3-14-34-27(32)29-16-21-19(10-12-25(30)31)9-11-24(22(21)17-29)33-15-13-23-18(2)35-26(28-23)20-7-5-4-6-8-20/h4-9,11H,3,10,12-17H2,1-2H3,(H,30,31). The average Bonchev–Trinajstić information content (AvgIpc) is 3.47. The third kappa shape index (κ3) is 5.82. The molecule has 0 aliphatic carbocycles. The van der Waals surface area contributed by atoms with Gasteiger partial charge in [0.15, 0.2) is 0 Å². The maximum absolute atomic E-state index is 12.5. The van der Waals surface area contributed by atoms with Crippen LogP contribution in [0.3, 0.4) is 0 Å². The van der Waals surface area contributed by atoms with Gasteiger partial charge in [0.25, 0.3) is 0 Å². The first kappa shape index (κ1) is 24.3. The second-order valence-electron chi connectivity index (χ2n) is 8.53. The van der Waals surface area contributed by atoms with Crippen molar-refractivity contribution < 1.29 is 28.6 Å². The first-order valence-electron chi connectivity index (χ1n) is 11.9. The Morgan fingerprint density at radius 1 is 1.06 bits per heavy atom. The smallest absolute Gasteiger partial charge is 0.410 e. The van der Waals surface area contributed by atoms with Crippen LogP contribution in [0, 0.1) is 6.92 Å². The molecule has 0 saturated heterocycles. The summed E-state index contributed by atoms with van der Waals surface area (Å²) in [6, 6.07) is 13.5. The molecular formula is C27H30N2O6. The van der Waals surface area contributed by atoms with Crippen molar-refractivity contribution >= 4 is 12.1 Å². The highest BCUT2D eigenvalue weighted by Gasteiger charge is 2.29. The largest absolute Gasteiger partial charge is 0.493 e. The van der Waals surface area contributed by atoms with Gasteiger partial charge in [0, 0.05) is 24.0 Å². The molecule has 1 aliphatic heterocycles. The number of carboxylic acids is 1. The summed E-state index contributed by atoms with van der Waals surface area (Å²) in [5.41, 5.74) is 4.53. The van der Waals surface area contributed by atoms with E-state index in [1.165, 1.54) is 0 Å². The van der Waals surface area contributed by atoms with Crippen molar-refractivity contribution in [3.8, 4) is 17.2 Å². The Morgan fingerprint density at radius 2 is 1.83 bits per heavy atom. The van der Waals surface area contributed by atoms with Crippen LogP contribution >= 0.6 is 0 Å². The van der Waals surface area contributed by atoms with Gasteiger partial charge in [0.1, 0.15) is 11.5 Å². The maximum atomic E-state index is 12.5. The van der Waals surface area contributed by atoms with E-state index in [1.54, 1.807) is 4.90 Å². The van der Waals surface area contributed by atoms with Gasteiger partial charge in [-0.1, -0.05) is 31.2 Å². The number of aryl methyl sites for hydroxylation is 2. The molecule has 0 bridgehead atoms. The lowest BCUT2D eigenvalue weighted by Crippen LogP contribution is -2.26. The third-order valence-electron chi connectivity index (χ3n) is 5.99. The van der Waals surface area contributed by atoms with Gasteiger partial charge in [-0.05, 0) is 49.1 Å². The Kier molecular flexibility index (Phi) is 7.70. The summed E-state index contributed by atoms with van der Waals surface area (Å²) in [5, 5.41) is 9.11. The van der Waals surface area contributed by atoms with Crippen molar-refractivity contribution in [2.24, 2.45) is 0 Å². The molecule has 8 nitrogen and oxygen atoms in total. The summed E-state index contributed by atoms with van der Waals surface area (Å²) in [6.45, 7) is 5.35. The van der Waals surface area contributed by atoms with Crippen LogP contribution in [0.2, 0.25) is 0 Å². The van der Waals surface area contributed by atoms with Crippen LogP contribution in [-0.4, -0.2) is 40.3 Å². The molecule has 1 aliphatic rings. The molecule has 8 heteroatoms. The lowest BCUT2D eigenvalue weighted by Gasteiger charge is -2.15. The van der Waals surface area contributed by atoms with E-state index in [2.05, 4.69) is 4.98 Å². The topological polar surface area (TPSA) is 102 Å². The minimum Gasteiger partial charge on any atom is -0.493 e. The van der Waals surface area contributed by atoms with Gasteiger partial charge < -0.3 is 19.0 Å². The van der Waals surface area contributed by atoms with Gasteiger partial charge in [0.2, 0.25) is 5.89 Å². The molecule has 1 amide bonds. The number of ether oxygens (including phenoxy) is 2. The third-order valence-corrected chi connectivity index (χ3v) is 5.99. The molecule has 0 spiro atoms. The van der Waals surface area contributed by atoms with Crippen molar-refractivity contribution in [2.75, 3.05) is 13.2 Å². The number of benzene rings is 2. The SMILES string of the molecule is CCCOC(=O)N1Cc2c(CCC(=O)O)ccc(OCCc3nc(-c4ccccc4)oc3C)c2C1. The number of aromatic nitrogens is 1. The number of carbonyl (C=O) groups excluding carboxylic acids is 1. The van der Waals surface area contributed by atoms with E-state index in [9.17, 15) is 9.59 Å². The Morgan fingerprint density at radius 3 is 2.57 bits per heavy atom. The summed E-state index contributed by atoms with van der Waals surface area (Å²) in [7, 11) is 0. The van der Waals surface area contributed by atoms with E-state index >= 15 is 0 Å². The first-order valence-corrected chi connectivity index (χ1v) is 11.9. The molecule has 184 valence electrons. The number of carboxylic acid groups (broad SMARTS) is 1. The number of hydrogen-bond donors (Lipinski definition) is 1. The van der Waals surface area contributed by atoms with Crippen LogP contribution < -0.4 is 4.74 Å². The number of oxazole rings is 1. The molecule has 35 heavy (non-hydrogen) atoms. The molecule has 1 N–H and O–H groups in total. The van der Waals surface area contributed by atoms with Crippen LogP contribution in [0.25, 0.3) is 11.5 Å². The number of aliphatic carboxylic acids is 1. The van der Waals surface area contributed by atoms with E-state index in [4.69, 9.17) is 19.0 Å². The first-order chi connectivity index (χ1) is 17.0. The van der Waals surface area contributed by atoms with E-state index in [1.807, 2.05) is 56.3 Å². The van der Waals surface area contributed by atoms with Gasteiger partial charge in [-0.15, -0.1) is 0 Å². The second kappa shape index (κ2) is 11.1. The van der Waals surface area contributed by atoms with Crippen molar-refractivity contribution in [2.45, 2.75) is 52.6 Å². The number of fused-ring (bicyclic) bond motifs is 1. The average molecular weight is 479 g/mol. The maximum Gasteiger partial charge on any atom is 0.410 e. The van der Waals surface area contributed by atoms with Gasteiger partial charge in [-0.3, -0.25) is 9.69 Å². The summed E-state index contributed by atoms with van der Waals surface area (Å²) < 4.78 is 17.3. The number of hydrogen-bond acceptors (Lipinski definition) is 6. The molecule has 2 aromatic carbocycles. The molecule has 0 unspecified atom stereocenters. The molecule has 0 saturated carbocycles. The second-order valence-corrected chi connectivity index (χ2v) is 8.53. The minimum atomic E-state index is -0.853. The fraction of sp³-hybridized carbons (Fsp3) is 0.370. The Balaban J connectivity index is 1.47. The fourth-order valence-electron chi connectivity index (χ4n) is 4.17. The number of carbonyl (C=O) groups is 2. The van der Waals surface area contributed by atoms with Crippen LogP contribution in [0.5, 0.6) is 5.75 Å². The molecule has 2 heterocycles. The van der Waals surface area contributed by atoms with Crippen molar-refractivity contribution in [3.05, 3.63) is 70.6 Å². The molecule has 3 aromatic rings. The van der Waals surface area contributed by atoms with Gasteiger partial charge in [-0.25, -0.2) is 9.78 Å². The van der Waals surface area contributed by atoms with Gasteiger partial charge in [-0.2, -0.15) is 0 Å².